The fourth-order valence-electron chi connectivity index (χ4n) is 7.91. The molecule has 1 aromatic rings. The van der Waals surface area contributed by atoms with E-state index >= 15 is 0 Å². The molecule has 2 N–H and O–H groups in total. The SMILES string of the molecule is C=CCOC(=O)N[C@@H](COCc1ccccc1)COC1O[C@@H]2COC(C)(C)O[C@H]2[C@H](OC(=O)C[C@@H](CCCCCCCCCCC)OC(=O)CCCCCCCCC)[C@H]1NC(=O)OCC(Cl)(Cl)Cl. The van der Waals surface area contributed by atoms with Crippen molar-refractivity contribution in [2.45, 2.75) is 209 Å². The number of fused-ring (bicyclic) bond motifs is 1. The first-order chi connectivity index (χ1) is 32.6. The summed E-state index contributed by atoms with van der Waals surface area (Å²) in [5.41, 5.74) is 0.906. The van der Waals surface area contributed by atoms with Gasteiger partial charge in [0.1, 0.15) is 37.6 Å². The van der Waals surface area contributed by atoms with Crippen LogP contribution in [0, 0.1) is 0 Å². The second-order valence-corrected chi connectivity index (χ2v) is 20.5. The summed E-state index contributed by atoms with van der Waals surface area (Å²) in [5.74, 6) is -2.21. The van der Waals surface area contributed by atoms with Crippen LogP contribution in [0.5, 0.6) is 0 Å². The molecule has 18 heteroatoms. The van der Waals surface area contributed by atoms with Gasteiger partial charge in [-0.15, -0.1) is 0 Å². The first kappa shape index (κ1) is 59.4. The molecule has 0 spiro atoms. The Labute approximate surface area is 419 Å². The van der Waals surface area contributed by atoms with Crippen molar-refractivity contribution in [1.29, 1.82) is 0 Å². The summed E-state index contributed by atoms with van der Waals surface area (Å²) < 4.78 is 51.7. The van der Waals surface area contributed by atoms with Gasteiger partial charge in [0.05, 0.1) is 38.9 Å². The largest absolute Gasteiger partial charge is 0.462 e. The molecule has 1 unspecified atom stereocenters. The lowest BCUT2D eigenvalue weighted by atomic mass is 9.95. The third-order valence-corrected chi connectivity index (χ3v) is 11.8. The van der Waals surface area contributed by atoms with Gasteiger partial charge in [0, 0.05) is 6.42 Å². The van der Waals surface area contributed by atoms with Crippen molar-refractivity contribution in [3.8, 4) is 0 Å². The van der Waals surface area contributed by atoms with Crippen molar-refractivity contribution in [2.75, 3.05) is 33.0 Å². The first-order valence-electron chi connectivity index (χ1n) is 24.8. The van der Waals surface area contributed by atoms with Gasteiger partial charge in [0.25, 0.3) is 0 Å². The highest BCUT2D eigenvalue weighted by atomic mass is 35.6. The van der Waals surface area contributed by atoms with Gasteiger partial charge >= 0.3 is 24.1 Å². The molecule has 2 heterocycles. The number of hydrogen-bond donors (Lipinski definition) is 2. The average Bonchev–Trinajstić information content (AvgIpc) is 3.29. The lowest BCUT2D eigenvalue weighted by Gasteiger charge is -2.50. The zero-order valence-electron chi connectivity index (χ0n) is 40.8. The van der Waals surface area contributed by atoms with Crippen LogP contribution >= 0.6 is 34.8 Å². The first-order valence-corrected chi connectivity index (χ1v) is 25.9. The number of alkyl halides is 3. The third-order valence-electron chi connectivity index (χ3n) is 11.4. The highest BCUT2D eigenvalue weighted by Gasteiger charge is 2.54. The number of carbonyl (C=O) groups is 4. The zero-order chi connectivity index (χ0) is 49.6. The van der Waals surface area contributed by atoms with Crippen LogP contribution in [0.4, 0.5) is 9.59 Å². The number of nitrogens with one attached hydrogen (secondary N) is 2. The molecule has 68 heavy (non-hydrogen) atoms. The van der Waals surface area contributed by atoms with Crippen LogP contribution in [0.1, 0.15) is 155 Å². The van der Waals surface area contributed by atoms with Crippen LogP contribution in [0.25, 0.3) is 0 Å². The number of amides is 2. The monoisotopic (exact) mass is 1020 g/mol. The van der Waals surface area contributed by atoms with Gasteiger partial charge in [0.15, 0.2) is 18.2 Å². The quantitative estimate of drug-likeness (QED) is 0.0220. The van der Waals surface area contributed by atoms with Crippen LogP contribution < -0.4 is 10.6 Å². The Balaban J connectivity index is 1.85. The number of esters is 2. The van der Waals surface area contributed by atoms with E-state index in [1.165, 1.54) is 57.4 Å². The number of ether oxygens (including phenoxy) is 9. The normalized spacial score (nSPS) is 20.8. The van der Waals surface area contributed by atoms with Crippen molar-refractivity contribution in [1.82, 2.24) is 10.6 Å². The molecule has 388 valence electrons. The molecule has 2 saturated heterocycles. The molecule has 2 fully saturated rings. The predicted molar refractivity (Wildman–Crippen MR) is 261 cm³/mol. The van der Waals surface area contributed by atoms with Crippen molar-refractivity contribution in [3.63, 3.8) is 0 Å². The topological polar surface area (TPSA) is 175 Å². The maximum Gasteiger partial charge on any atom is 0.407 e. The molecule has 3 rings (SSSR count). The van der Waals surface area contributed by atoms with Gasteiger partial charge in [0.2, 0.25) is 3.79 Å². The number of benzene rings is 1. The minimum absolute atomic E-state index is 0.00317. The zero-order valence-corrected chi connectivity index (χ0v) is 43.1. The van der Waals surface area contributed by atoms with E-state index < -0.39 is 77.1 Å². The lowest BCUT2D eigenvalue weighted by Crippen LogP contribution is -2.69. The average molecular weight is 1020 g/mol. The van der Waals surface area contributed by atoms with Crippen molar-refractivity contribution in [3.05, 3.63) is 48.6 Å². The summed E-state index contributed by atoms with van der Waals surface area (Å²) >= 11 is 17.7. The van der Waals surface area contributed by atoms with Gasteiger partial charge in [-0.05, 0) is 38.7 Å². The summed E-state index contributed by atoms with van der Waals surface area (Å²) in [4.78, 5) is 53.6. The molecule has 7 atom stereocenters. The van der Waals surface area contributed by atoms with Crippen molar-refractivity contribution >= 4 is 58.9 Å². The molecular weight excluding hydrogens is 943 g/mol. The standard InChI is InChI=1S/C50H79Cl3N2O13/c1-6-9-11-13-15-16-18-19-24-28-39(65-41(56)29-25-20-17-14-12-10-7-2)31-42(57)67-45-43(55-48(59)63-36-50(51,52)53)46(66-40-35-64-49(4,5)68-44(40)45)62-34-38(54-47(58)61-30-8-3)33-60-32-37-26-22-21-23-27-37/h8,21-23,26-27,38-40,43-46H,3,6-7,9-20,24-25,28-36H2,1-2,4-5H3,(H,54,58)(H,55,59)/t38-,39+,40+,43+,44+,45+,46?/m0/s1. The van der Waals surface area contributed by atoms with Gasteiger partial charge < -0.3 is 53.3 Å². The molecule has 0 saturated carbocycles. The second-order valence-electron chi connectivity index (χ2n) is 18.0. The van der Waals surface area contributed by atoms with Gasteiger partial charge in [-0.1, -0.05) is 182 Å². The van der Waals surface area contributed by atoms with E-state index in [0.717, 1.165) is 50.5 Å². The predicted octanol–water partition coefficient (Wildman–Crippen LogP) is 11.1. The van der Waals surface area contributed by atoms with E-state index in [2.05, 4.69) is 31.1 Å². The van der Waals surface area contributed by atoms with E-state index in [1.54, 1.807) is 13.8 Å². The molecule has 0 aliphatic carbocycles. The Morgan fingerprint density at radius 3 is 2.10 bits per heavy atom. The highest BCUT2D eigenvalue weighted by Crippen LogP contribution is 2.35. The van der Waals surface area contributed by atoms with Crippen LogP contribution in [-0.2, 0) is 58.8 Å². The molecule has 15 nitrogen and oxygen atoms in total. The molecule has 2 aliphatic heterocycles. The van der Waals surface area contributed by atoms with E-state index in [4.69, 9.17) is 77.4 Å². The maximum absolute atomic E-state index is 14.2. The Hall–Kier alpha value is -2.89. The summed E-state index contributed by atoms with van der Waals surface area (Å²) in [6, 6.07) is 7.36. The van der Waals surface area contributed by atoms with E-state index in [1.807, 2.05) is 30.3 Å². The van der Waals surface area contributed by atoms with Crippen LogP contribution in [0.3, 0.4) is 0 Å². The van der Waals surface area contributed by atoms with Crippen LogP contribution in [0.2, 0.25) is 0 Å². The van der Waals surface area contributed by atoms with Gasteiger partial charge in [-0.2, -0.15) is 0 Å². The number of halogens is 3. The van der Waals surface area contributed by atoms with E-state index in [9.17, 15) is 19.2 Å². The lowest BCUT2D eigenvalue weighted by molar-refractivity contribution is -0.369. The fourth-order valence-corrected chi connectivity index (χ4v) is 8.07. The number of unbranched alkanes of at least 4 members (excludes halogenated alkanes) is 14. The number of hydrogen-bond acceptors (Lipinski definition) is 13. The maximum atomic E-state index is 14.2. The summed E-state index contributed by atoms with van der Waals surface area (Å²) in [7, 11) is 0. The third kappa shape index (κ3) is 25.8. The Bertz CT molecular complexity index is 1590. The molecule has 2 aliphatic rings. The molecular formula is C50H79Cl3N2O13. The van der Waals surface area contributed by atoms with Crippen LogP contribution in [0.15, 0.2) is 43.0 Å². The highest BCUT2D eigenvalue weighted by molar-refractivity contribution is 6.67. The second kappa shape index (κ2) is 33.7. The fraction of sp³-hybridized carbons (Fsp3) is 0.760. The molecule has 0 radical (unpaired) electrons. The minimum Gasteiger partial charge on any atom is -0.462 e. The van der Waals surface area contributed by atoms with E-state index in [-0.39, 0.29) is 51.8 Å². The molecule has 0 aromatic heterocycles. The van der Waals surface area contributed by atoms with Gasteiger partial charge in [-0.25, -0.2) is 9.59 Å². The molecule has 0 bridgehead atoms. The summed E-state index contributed by atoms with van der Waals surface area (Å²) in [5, 5.41) is 5.42. The number of carbonyl (C=O) groups excluding carboxylic acids is 4. The van der Waals surface area contributed by atoms with Crippen molar-refractivity contribution < 1.29 is 61.8 Å². The van der Waals surface area contributed by atoms with Crippen LogP contribution in [-0.4, -0.2) is 110 Å². The van der Waals surface area contributed by atoms with Crippen molar-refractivity contribution in [2.24, 2.45) is 0 Å². The smallest absolute Gasteiger partial charge is 0.407 e. The Kier molecular flexibility index (Phi) is 29.4. The minimum atomic E-state index is -1.93. The summed E-state index contributed by atoms with van der Waals surface area (Å²) in [6.45, 7) is 10.7. The number of alkyl carbamates (subject to hydrolysis) is 2. The Morgan fingerprint density at radius 1 is 0.838 bits per heavy atom. The molecule has 2 amide bonds. The van der Waals surface area contributed by atoms with Gasteiger partial charge in [-0.3, -0.25) is 9.59 Å². The Morgan fingerprint density at radius 2 is 1.47 bits per heavy atom. The number of rotatable bonds is 34. The summed E-state index contributed by atoms with van der Waals surface area (Å²) in [6.07, 6.45) is 12.2. The molecule has 1 aromatic carbocycles. The van der Waals surface area contributed by atoms with E-state index in [0.29, 0.717) is 12.8 Å².